The fraction of sp³-hybridized carbons (Fsp3) is 0.194. The van der Waals surface area contributed by atoms with E-state index in [4.69, 9.17) is 26.8 Å². The molecule has 8 heteroatoms. The van der Waals surface area contributed by atoms with E-state index in [-0.39, 0.29) is 12.2 Å². The highest BCUT2D eigenvalue weighted by atomic mass is 35.5. The van der Waals surface area contributed by atoms with Gasteiger partial charge in [-0.15, -0.1) is 0 Å². The summed E-state index contributed by atoms with van der Waals surface area (Å²) in [6.07, 6.45) is 0.272. The van der Waals surface area contributed by atoms with Gasteiger partial charge >= 0.3 is 5.97 Å². The van der Waals surface area contributed by atoms with Gasteiger partial charge in [-0.2, -0.15) is 0 Å². The Kier molecular flexibility index (Phi) is 9.91. The van der Waals surface area contributed by atoms with Crippen molar-refractivity contribution in [3.8, 4) is 17.2 Å². The van der Waals surface area contributed by atoms with Crippen molar-refractivity contribution in [1.82, 2.24) is 4.90 Å². The largest absolute Gasteiger partial charge is 0.489 e. The number of para-hydroxylation sites is 2. The highest BCUT2D eigenvalue weighted by molar-refractivity contribution is 6.30. The normalized spacial score (nSPS) is 11.8. The number of halogens is 2. The van der Waals surface area contributed by atoms with Gasteiger partial charge in [-0.1, -0.05) is 60.1 Å². The molecule has 0 aromatic heterocycles. The molecule has 0 aliphatic heterocycles. The van der Waals surface area contributed by atoms with E-state index in [1.165, 1.54) is 12.1 Å². The number of benzene rings is 4. The molecular formula is C31H30ClFN2O4. The zero-order valence-electron chi connectivity index (χ0n) is 21.3. The molecule has 1 unspecified atom stereocenters. The summed E-state index contributed by atoms with van der Waals surface area (Å²) < 4.78 is 25.5. The number of hydrogen-bond acceptors (Lipinski definition) is 5. The monoisotopic (exact) mass is 548 g/mol. The van der Waals surface area contributed by atoms with Crippen molar-refractivity contribution < 1.29 is 23.8 Å². The van der Waals surface area contributed by atoms with Crippen LogP contribution in [0.2, 0.25) is 5.02 Å². The molecule has 39 heavy (non-hydrogen) atoms. The lowest BCUT2D eigenvalue weighted by molar-refractivity contribution is -0.138. The fourth-order valence-corrected chi connectivity index (χ4v) is 4.15. The lowest BCUT2D eigenvalue weighted by Gasteiger charge is -2.25. The molecular weight excluding hydrogens is 519 g/mol. The Morgan fingerprint density at radius 3 is 2.10 bits per heavy atom. The van der Waals surface area contributed by atoms with Gasteiger partial charge in [-0.25, -0.2) is 4.39 Å². The zero-order chi connectivity index (χ0) is 27.6. The lowest BCUT2D eigenvalue weighted by atomic mass is 10.1. The summed E-state index contributed by atoms with van der Waals surface area (Å²) in [6, 6.07) is 27.7. The van der Waals surface area contributed by atoms with Crippen LogP contribution in [0.4, 0.5) is 4.39 Å². The highest BCUT2D eigenvalue weighted by Crippen LogP contribution is 2.29. The van der Waals surface area contributed by atoms with Crippen LogP contribution in [0.3, 0.4) is 0 Å². The summed E-state index contributed by atoms with van der Waals surface area (Å²) in [5, 5.41) is 9.95. The zero-order valence-corrected chi connectivity index (χ0v) is 22.1. The molecule has 1 atom stereocenters. The third-order valence-corrected chi connectivity index (χ3v) is 6.41. The van der Waals surface area contributed by atoms with E-state index < -0.39 is 12.0 Å². The number of aliphatic carboxylic acids is 1. The first-order valence-corrected chi connectivity index (χ1v) is 12.9. The van der Waals surface area contributed by atoms with E-state index in [1.807, 2.05) is 48.5 Å². The van der Waals surface area contributed by atoms with E-state index in [9.17, 15) is 14.3 Å². The smallest absolute Gasteiger partial charge is 0.320 e. The second-order valence-corrected chi connectivity index (χ2v) is 9.57. The third kappa shape index (κ3) is 8.55. The molecule has 202 valence electrons. The minimum Gasteiger partial charge on any atom is -0.489 e. The average molecular weight is 549 g/mol. The summed E-state index contributed by atoms with van der Waals surface area (Å²) in [5.41, 5.74) is 8.55. The number of carboxylic acids is 1. The van der Waals surface area contributed by atoms with Gasteiger partial charge in [0, 0.05) is 35.8 Å². The Morgan fingerprint density at radius 1 is 0.872 bits per heavy atom. The molecule has 0 saturated heterocycles. The quantitative estimate of drug-likeness (QED) is 0.194. The number of carboxylic acid groups (broad SMARTS) is 1. The Bertz CT molecular complexity index is 1370. The third-order valence-electron chi connectivity index (χ3n) is 6.16. The van der Waals surface area contributed by atoms with Crippen LogP contribution in [-0.2, 0) is 24.5 Å². The van der Waals surface area contributed by atoms with Crippen LogP contribution in [0.5, 0.6) is 17.2 Å². The fourth-order valence-electron chi connectivity index (χ4n) is 4.02. The van der Waals surface area contributed by atoms with Gasteiger partial charge in [-0.05, 0) is 60.5 Å². The van der Waals surface area contributed by atoms with Crippen LogP contribution in [-0.4, -0.2) is 28.6 Å². The van der Waals surface area contributed by atoms with E-state index >= 15 is 0 Å². The highest BCUT2D eigenvalue weighted by Gasteiger charge is 2.18. The Hall–Kier alpha value is -3.91. The molecule has 0 aliphatic carbocycles. The predicted molar refractivity (Wildman–Crippen MR) is 149 cm³/mol. The minimum atomic E-state index is -1.04. The maximum absolute atomic E-state index is 13.3. The van der Waals surface area contributed by atoms with Gasteiger partial charge in [0.15, 0.2) is 0 Å². The number of ether oxygens (including phenoxy) is 2. The SMILES string of the molecule is NC(CCN(Cc1ccccc1OCc1ccc(F)cc1)Cc1ccccc1Oc1ccc(Cl)cc1)C(=O)O. The molecule has 0 aliphatic rings. The molecule has 0 amide bonds. The van der Waals surface area contributed by atoms with Gasteiger partial charge in [0.1, 0.15) is 35.7 Å². The number of rotatable bonds is 13. The minimum absolute atomic E-state index is 0.272. The molecule has 0 bridgehead atoms. The number of nitrogens with zero attached hydrogens (tertiary/aromatic N) is 1. The molecule has 4 aromatic rings. The van der Waals surface area contributed by atoms with Crippen molar-refractivity contribution in [2.75, 3.05) is 6.54 Å². The van der Waals surface area contributed by atoms with Crippen molar-refractivity contribution in [3.05, 3.63) is 125 Å². The van der Waals surface area contributed by atoms with Crippen molar-refractivity contribution in [1.29, 1.82) is 0 Å². The van der Waals surface area contributed by atoms with Gasteiger partial charge in [-0.3, -0.25) is 9.69 Å². The molecule has 4 aromatic carbocycles. The summed E-state index contributed by atoms with van der Waals surface area (Å²) in [6.45, 7) is 1.71. The van der Waals surface area contributed by atoms with Crippen molar-refractivity contribution in [2.45, 2.75) is 32.2 Å². The molecule has 0 spiro atoms. The van der Waals surface area contributed by atoms with E-state index in [1.54, 1.807) is 36.4 Å². The van der Waals surface area contributed by atoms with E-state index in [0.717, 1.165) is 16.7 Å². The average Bonchev–Trinajstić information content (AvgIpc) is 2.94. The molecule has 0 fully saturated rings. The van der Waals surface area contributed by atoms with Gasteiger partial charge in [0.25, 0.3) is 0 Å². The Labute approximate surface area is 232 Å². The van der Waals surface area contributed by atoms with Gasteiger partial charge in [0.2, 0.25) is 0 Å². The summed E-state index contributed by atoms with van der Waals surface area (Å²) >= 11 is 6.01. The number of nitrogens with two attached hydrogens (primary N) is 1. The molecule has 0 heterocycles. The maximum atomic E-state index is 13.3. The molecule has 0 radical (unpaired) electrons. The maximum Gasteiger partial charge on any atom is 0.320 e. The van der Waals surface area contributed by atoms with Gasteiger partial charge in [0.05, 0.1) is 0 Å². The Morgan fingerprint density at radius 2 is 1.46 bits per heavy atom. The first-order chi connectivity index (χ1) is 18.9. The Balaban J connectivity index is 1.53. The predicted octanol–water partition coefficient (Wildman–Crippen LogP) is 6.65. The first kappa shape index (κ1) is 28.1. The lowest BCUT2D eigenvalue weighted by Crippen LogP contribution is -2.35. The van der Waals surface area contributed by atoms with Crippen LogP contribution < -0.4 is 15.2 Å². The summed E-state index contributed by atoms with van der Waals surface area (Å²) in [5.74, 6) is 0.707. The van der Waals surface area contributed by atoms with E-state index in [0.29, 0.717) is 48.5 Å². The second kappa shape index (κ2) is 13.8. The molecule has 4 rings (SSSR count). The number of carbonyl (C=O) groups is 1. The van der Waals surface area contributed by atoms with Crippen LogP contribution in [0.1, 0.15) is 23.1 Å². The van der Waals surface area contributed by atoms with Crippen molar-refractivity contribution in [2.24, 2.45) is 5.73 Å². The van der Waals surface area contributed by atoms with Crippen LogP contribution >= 0.6 is 11.6 Å². The molecule has 6 nitrogen and oxygen atoms in total. The standard InChI is InChI=1S/C31H30ClFN2O4/c32-25-11-15-27(16-12-25)39-30-8-4-2-6-24(30)20-35(18-17-28(34)31(36)37)19-23-5-1-3-7-29(23)38-21-22-9-13-26(33)14-10-22/h1-16,28H,17-21,34H2,(H,36,37). The summed E-state index contributed by atoms with van der Waals surface area (Å²) in [4.78, 5) is 13.5. The van der Waals surface area contributed by atoms with Crippen LogP contribution in [0.25, 0.3) is 0 Å². The molecule has 3 N–H and O–H groups in total. The van der Waals surface area contributed by atoms with Crippen molar-refractivity contribution in [3.63, 3.8) is 0 Å². The second-order valence-electron chi connectivity index (χ2n) is 9.13. The van der Waals surface area contributed by atoms with Crippen LogP contribution in [0.15, 0.2) is 97.1 Å². The van der Waals surface area contributed by atoms with Crippen molar-refractivity contribution >= 4 is 17.6 Å². The van der Waals surface area contributed by atoms with Gasteiger partial charge < -0.3 is 20.3 Å². The molecule has 0 saturated carbocycles. The topological polar surface area (TPSA) is 85.0 Å². The van der Waals surface area contributed by atoms with E-state index in [2.05, 4.69) is 4.90 Å². The number of hydrogen-bond donors (Lipinski definition) is 2. The first-order valence-electron chi connectivity index (χ1n) is 12.5. The van der Waals surface area contributed by atoms with Crippen LogP contribution in [0, 0.1) is 5.82 Å². The summed E-state index contributed by atoms with van der Waals surface area (Å²) in [7, 11) is 0.